The van der Waals surface area contributed by atoms with Crippen molar-refractivity contribution in [3.63, 3.8) is 0 Å². The van der Waals surface area contributed by atoms with E-state index in [0.29, 0.717) is 11.5 Å². The van der Waals surface area contributed by atoms with E-state index in [9.17, 15) is 14.0 Å². The third kappa shape index (κ3) is 3.16. The van der Waals surface area contributed by atoms with Crippen molar-refractivity contribution in [2.24, 2.45) is 0 Å². The fourth-order valence-electron chi connectivity index (χ4n) is 2.08. The predicted octanol–water partition coefficient (Wildman–Crippen LogP) is 1.89. The van der Waals surface area contributed by atoms with Crippen molar-refractivity contribution < 1.29 is 13.9 Å². The molecule has 0 atom stereocenters. The average Bonchev–Trinajstić information content (AvgIpc) is 2.42. The summed E-state index contributed by atoms with van der Waals surface area (Å²) in [6.45, 7) is 3.14. The van der Waals surface area contributed by atoms with Gasteiger partial charge in [-0.3, -0.25) is 14.2 Å². The molecule has 2 rings (SSSR count). The molecule has 110 valence electrons. The van der Waals surface area contributed by atoms with Crippen LogP contribution in [0.3, 0.4) is 0 Å². The van der Waals surface area contributed by atoms with Crippen molar-refractivity contribution in [3.05, 3.63) is 57.5 Å². The summed E-state index contributed by atoms with van der Waals surface area (Å²) in [7, 11) is 1.40. The van der Waals surface area contributed by atoms with Crippen molar-refractivity contribution in [3.8, 4) is 5.75 Å². The number of halogens is 1. The van der Waals surface area contributed by atoms with Gasteiger partial charge in [0.2, 0.25) is 0 Å². The van der Waals surface area contributed by atoms with E-state index < -0.39 is 11.6 Å². The summed E-state index contributed by atoms with van der Waals surface area (Å²) < 4.78 is 19.6. The van der Waals surface area contributed by atoms with Crippen LogP contribution in [0, 0.1) is 19.7 Å². The number of aromatic nitrogens is 2. The molecule has 5 nitrogen and oxygen atoms in total. The van der Waals surface area contributed by atoms with E-state index >= 15 is 0 Å². The van der Waals surface area contributed by atoms with Gasteiger partial charge in [0.15, 0.2) is 5.78 Å². The molecule has 2 aromatic rings. The molecule has 1 heterocycles. The maximum Gasteiger partial charge on any atom is 0.254 e. The van der Waals surface area contributed by atoms with Crippen LogP contribution < -0.4 is 10.3 Å². The number of carbonyl (C=O) groups excluding carboxylic acids is 1. The van der Waals surface area contributed by atoms with E-state index in [2.05, 4.69) is 4.98 Å². The largest absolute Gasteiger partial charge is 0.496 e. The number of hydrogen-bond acceptors (Lipinski definition) is 4. The number of ketones is 1. The number of Topliss-reactive ketones (excluding diaryl/α,β-unsaturated/α-hetero) is 1. The highest BCUT2D eigenvalue weighted by Crippen LogP contribution is 2.20. The molecule has 0 aliphatic heterocycles. The zero-order chi connectivity index (χ0) is 15.6. The van der Waals surface area contributed by atoms with Crippen LogP contribution in [0.5, 0.6) is 5.75 Å². The highest BCUT2D eigenvalue weighted by atomic mass is 19.1. The van der Waals surface area contributed by atoms with Gasteiger partial charge in [-0.2, -0.15) is 0 Å². The Morgan fingerprint density at radius 1 is 1.33 bits per heavy atom. The number of nitrogens with zero attached hydrogens (tertiary/aromatic N) is 2. The van der Waals surface area contributed by atoms with Gasteiger partial charge in [-0.05, 0) is 32.0 Å². The summed E-state index contributed by atoms with van der Waals surface area (Å²) in [5.74, 6) is -0.247. The van der Waals surface area contributed by atoms with E-state index in [4.69, 9.17) is 4.74 Å². The Bertz CT molecular complexity index is 753. The van der Waals surface area contributed by atoms with Crippen LogP contribution in [0.4, 0.5) is 4.39 Å². The average molecular weight is 290 g/mol. The van der Waals surface area contributed by atoms with Crippen molar-refractivity contribution in [1.82, 2.24) is 9.55 Å². The molecule has 21 heavy (non-hydrogen) atoms. The van der Waals surface area contributed by atoms with Crippen molar-refractivity contribution in [2.45, 2.75) is 20.4 Å². The summed E-state index contributed by atoms with van der Waals surface area (Å²) in [5, 5.41) is 0. The maximum atomic E-state index is 13.3. The number of ether oxygens (including phenoxy) is 1. The second-order valence-electron chi connectivity index (χ2n) is 4.64. The molecule has 0 saturated carbocycles. The van der Waals surface area contributed by atoms with Gasteiger partial charge in [-0.15, -0.1) is 0 Å². The van der Waals surface area contributed by atoms with Crippen LogP contribution in [-0.4, -0.2) is 22.4 Å². The Labute approximate surface area is 121 Å². The lowest BCUT2D eigenvalue weighted by molar-refractivity contribution is 0.0966. The molecule has 0 aliphatic rings. The van der Waals surface area contributed by atoms with Crippen LogP contribution >= 0.6 is 0 Å². The van der Waals surface area contributed by atoms with Gasteiger partial charge in [0, 0.05) is 11.8 Å². The third-order valence-corrected chi connectivity index (χ3v) is 3.09. The number of benzene rings is 1. The minimum absolute atomic E-state index is 0.101. The molecule has 0 fully saturated rings. The summed E-state index contributed by atoms with van der Waals surface area (Å²) in [4.78, 5) is 28.4. The molecule has 1 aromatic carbocycles. The molecule has 0 radical (unpaired) electrons. The molecule has 0 spiro atoms. The van der Waals surface area contributed by atoms with Gasteiger partial charge in [0.1, 0.15) is 17.4 Å². The molecule has 0 N–H and O–H groups in total. The van der Waals surface area contributed by atoms with Gasteiger partial charge in [0.05, 0.1) is 19.2 Å². The van der Waals surface area contributed by atoms with Gasteiger partial charge >= 0.3 is 0 Å². The van der Waals surface area contributed by atoms with E-state index in [0.717, 1.165) is 6.07 Å². The Morgan fingerprint density at radius 3 is 2.67 bits per heavy atom. The minimum Gasteiger partial charge on any atom is -0.496 e. The van der Waals surface area contributed by atoms with Gasteiger partial charge in [0.25, 0.3) is 5.56 Å². The van der Waals surface area contributed by atoms with Crippen LogP contribution in [-0.2, 0) is 6.54 Å². The third-order valence-electron chi connectivity index (χ3n) is 3.09. The lowest BCUT2D eigenvalue weighted by atomic mass is 10.1. The summed E-state index contributed by atoms with van der Waals surface area (Å²) in [6.07, 6.45) is 0. The standard InChI is InChI=1S/C15H15FN2O3/c1-9-6-15(20)18(10(2)17-9)8-13(19)12-7-11(16)4-5-14(12)21-3/h4-7H,8H2,1-3H3. The summed E-state index contributed by atoms with van der Waals surface area (Å²) >= 11 is 0. The number of methoxy groups -OCH3 is 1. The number of carbonyl (C=O) groups is 1. The number of rotatable bonds is 4. The van der Waals surface area contributed by atoms with Gasteiger partial charge in [-0.1, -0.05) is 0 Å². The first kappa shape index (κ1) is 14.9. The fourth-order valence-corrected chi connectivity index (χ4v) is 2.08. The Hall–Kier alpha value is -2.50. The van der Waals surface area contributed by atoms with Gasteiger partial charge < -0.3 is 4.74 Å². The topological polar surface area (TPSA) is 61.2 Å². The Morgan fingerprint density at radius 2 is 2.05 bits per heavy atom. The molecule has 6 heteroatoms. The van der Waals surface area contributed by atoms with Crippen molar-refractivity contribution >= 4 is 5.78 Å². The number of hydrogen-bond donors (Lipinski definition) is 0. The minimum atomic E-state index is -0.537. The lowest BCUT2D eigenvalue weighted by Crippen LogP contribution is -2.27. The van der Waals surface area contributed by atoms with Crippen molar-refractivity contribution in [1.29, 1.82) is 0 Å². The van der Waals surface area contributed by atoms with E-state index in [1.165, 1.54) is 29.9 Å². The molecule has 0 bridgehead atoms. The van der Waals surface area contributed by atoms with Crippen LogP contribution in [0.1, 0.15) is 21.9 Å². The first-order chi connectivity index (χ1) is 9.92. The maximum absolute atomic E-state index is 13.3. The smallest absolute Gasteiger partial charge is 0.254 e. The zero-order valence-corrected chi connectivity index (χ0v) is 12.0. The van der Waals surface area contributed by atoms with Crippen LogP contribution in [0.15, 0.2) is 29.1 Å². The normalized spacial score (nSPS) is 10.5. The lowest BCUT2D eigenvalue weighted by Gasteiger charge is -2.11. The van der Waals surface area contributed by atoms with Crippen LogP contribution in [0.25, 0.3) is 0 Å². The van der Waals surface area contributed by atoms with Crippen molar-refractivity contribution in [2.75, 3.05) is 7.11 Å². The van der Waals surface area contributed by atoms with Crippen LogP contribution in [0.2, 0.25) is 0 Å². The fraction of sp³-hybridized carbons (Fsp3) is 0.267. The number of aryl methyl sites for hydroxylation is 2. The zero-order valence-electron chi connectivity index (χ0n) is 12.0. The first-order valence-corrected chi connectivity index (χ1v) is 6.34. The Balaban J connectivity index is 2.39. The quantitative estimate of drug-likeness (QED) is 0.807. The van der Waals surface area contributed by atoms with E-state index in [1.54, 1.807) is 13.8 Å². The monoisotopic (exact) mass is 290 g/mol. The first-order valence-electron chi connectivity index (χ1n) is 6.34. The molecule has 1 aromatic heterocycles. The predicted molar refractivity (Wildman–Crippen MR) is 75.3 cm³/mol. The van der Waals surface area contributed by atoms with Gasteiger partial charge in [-0.25, -0.2) is 9.37 Å². The second-order valence-corrected chi connectivity index (χ2v) is 4.64. The molecule has 0 unspecified atom stereocenters. The SMILES string of the molecule is COc1ccc(F)cc1C(=O)Cn1c(C)nc(C)cc1=O. The summed E-state index contributed by atoms with van der Waals surface area (Å²) in [6, 6.07) is 5.04. The molecule has 0 saturated heterocycles. The second kappa shape index (κ2) is 5.87. The summed E-state index contributed by atoms with van der Waals surface area (Å²) in [5.41, 5.74) is 0.373. The highest BCUT2D eigenvalue weighted by molar-refractivity contribution is 5.98. The van der Waals surface area contributed by atoms with E-state index in [1.807, 2.05) is 0 Å². The molecular weight excluding hydrogens is 275 g/mol. The molecule has 0 aliphatic carbocycles. The Kier molecular flexibility index (Phi) is 4.16. The highest BCUT2D eigenvalue weighted by Gasteiger charge is 2.16. The molecular formula is C15H15FN2O3. The van der Waals surface area contributed by atoms with E-state index in [-0.39, 0.29) is 23.4 Å². The molecule has 0 amide bonds.